The van der Waals surface area contributed by atoms with Crippen LogP contribution < -0.4 is 5.32 Å². The summed E-state index contributed by atoms with van der Waals surface area (Å²) in [6.45, 7) is 1.92. The first-order valence-corrected chi connectivity index (χ1v) is 10.4. The van der Waals surface area contributed by atoms with Gasteiger partial charge in [-0.05, 0) is 73.7 Å². The minimum atomic E-state index is -0.315. The van der Waals surface area contributed by atoms with Crippen molar-refractivity contribution in [3.05, 3.63) is 71.7 Å². The second kappa shape index (κ2) is 9.32. The van der Waals surface area contributed by atoms with E-state index in [1.54, 1.807) is 12.3 Å². The Kier molecular flexibility index (Phi) is 6.35. The van der Waals surface area contributed by atoms with E-state index >= 15 is 0 Å². The molecule has 3 aromatic rings. The maximum atomic E-state index is 13.4. The van der Waals surface area contributed by atoms with Gasteiger partial charge in [0.25, 0.3) is 0 Å². The van der Waals surface area contributed by atoms with Gasteiger partial charge in [0, 0.05) is 5.39 Å². The summed E-state index contributed by atoms with van der Waals surface area (Å²) in [4.78, 5) is 19.0. The third kappa shape index (κ3) is 5.01. The van der Waals surface area contributed by atoms with Crippen LogP contribution in [0.1, 0.15) is 24.0 Å². The van der Waals surface area contributed by atoms with Crippen LogP contribution in [-0.2, 0) is 17.8 Å². The summed E-state index contributed by atoms with van der Waals surface area (Å²) in [5, 5.41) is 13.4. The van der Waals surface area contributed by atoms with Crippen LogP contribution in [0.25, 0.3) is 10.9 Å². The maximum Gasteiger partial charge on any atom is 0.238 e. The number of nitrogens with zero attached hydrogens (tertiary/aromatic N) is 2. The monoisotopic (exact) mass is 407 g/mol. The number of hydrogen-bond donors (Lipinski definition) is 2. The molecule has 0 aliphatic carbocycles. The average Bonchev–Trinajstić information content (AvgIpc) is 2.76. The third-order valence-corrected chi connectivity index (χ3v) is 5.80. The average molecular weight is 407 g/mol. The van der Waals surface area contributed by atoms with E-state index in [1.165, 1.54) is 12.1 Å². The second-order valence-electron chi connectivity index (χ2n) is 7.96. The van der Waals surface area contributed by atoms with Gasteiger partial charge in [-0.3, -0.25) is 14.7 Å². The zero-order valence-electron chi connectivity index (χ0n) is 16.9. The van der Waals surface area contributed by atoms with Gasteiger partial charge in [0.2, 0.25) is 5.91 Å². The van der Waals surface area contributed by atoms with Crippen LogP contribution in [0.5, 0.6) is 0 Å². The number of carbonyl (C=O) groups excluding carboxylic acids is 1. The molecular formula is C24H26FN3O2. The normalized spacial score (nSPS) is 15.4. The van der Waals surface area contributed by atoms with Crippen molar-refractivity contribution in [3.8, 4) is 0 Å². The van der Waals surface area contributed by atoms with Crippen molar-refractivity contribution in [2.45, 2.75) is 25.9 Å². The number of piperidine rings is 1. The van der Waals surface area contributed by atoms with Crippen molar-refractivity contribution < 1.29 is 14.3 Å². The van der Waals surface area contributed by atoms with Crippen LogP contribution in [-0.4, -0.2) is 40.5 Å². The molecule has 156 valence electrons. The summed E-state index contributed by atoms with van der Waals surface area (Å²) >= 11 is 0. The van der Waals surface area contributed by atoms with E-state index in [4.69, 9.17) is 0 Å². The van der Waals surface area contributed by atoms with Gasteiger partial charge in [0.1, 0.15) is 5.82 Å². The van der Waals surface area contributed by atoms with Gasteiger partial charge >= 0.3 is 0 Å². The number of aromatic nitrogens is 1. The number of fused-ring (bicyclic) bond motifs is 1. The number of pyridine rings is 1. The first-order valence-electron chi connectivity index (χ1n) is 10.4. The maximum absolute atomic E-state index is 13.4. The molecule has 1 amide bonds. The zero-order chi connectivity index (χ0) is 20.9. The number of para-hydroxylation sites is 1. The third-order valence-electron chi connectivity index (χ3n) is 5.80. The molecule has 0 atom stereocenters. The highest BCUT2D eigenvalue weighted by atomic mass is 19.1. The van der Waals surface area contributed by atoms with Crippen molar-refractivity contribution >= 4 is 22.5 Å². The Morgan fingerprint density at radius 1 is 1.13 bits per heavy atom. The predicted octanol–water partition coefficient (Wildman–Crippen LogP) is 3.76. The van der Waals surface area contributed by atoms with E-state index < -0.39 is 0 Å². The molecular weight excluding hydrogens is 381 g/mol. The Bertz CT molecular complexity index is 1030. The Balaban J connectivity index is 1.27. The lowest BCUT2D eigenvalue weighted by atomic mass is 9.88. The van der Waals surface area contributed by atoms with Gasteiger partial charge < -0.3 is 10.4 Å². The summed E-state index contributed by atoms with van der Waals surface area (Å²) in [7, 11) is 0. The fourth-order valence-corrected chi connectivity index (χ4v) is 4.14. The zero-order valence-corrected chi connectivity index (χ0v) is 16.9. The molecule has 0 saturated carbocycles. The quantitative estimate of drug-likeness (QED) is 0.653. The molecule has 2 aromatic carbocycles. The van der Waals surface area contributed by atoms with Crippen molar-refractivity contribution in [1.82, 2.24) is 9.88 Å². The Morgan fingerprint density at radius 2 is 1.93 bits per heavy atom. The van der Waals surface area contributed by atoms with E-state index in [-0.39, 0.29) is 18.3 Å². The van der Waals surface area contributed by atoms with Gasteiger partial charge in [-0.25, -0.2) is 4.39 Å². The number of aliphatic hydroxyl groups is 1. The van der Waals surface area contributed by atoms with Crippen molar-refractivity contribution in [1.29, 1.82) is 0 Å². The smallest absolute Gasteiger partial charge is 0.238 e. The number of hydrogen-bond acceptors (Lipinski definition) is 4. The molecule has 0 bridgehead atoms. The highest BCUT2D eigenvalue weighted by Gasteiger charge is 2.22. The Labute approximate surface area is 175 Å². The van der Waals surface area contributed by atoms with Crippen molar-refractivity contribution in [3.63, 3.8) is 0 Å². The second-order valence-corrected chi connectivity index (χ2v) is 7.96. The largest absolute Gasteiger partial charge is 0.392 e. The molecule has 0 spiro atoms. The van der Waals surface area contributed by atoms with Gasteiger partial charge in [0.05, 0.1) is 30.6 Å². The summed E-state index contributed by atoms with van der Waals surface area (Å²) in [5.74, 6) is 0.127. The molecule has 2 heterocycles. The first-order chi connectivity index (χ1) is 14.6. The fraction of sp³-hybridized carbons (Fsp3) is 0.333. The van der Waals surface area contributed by atoms with E-state index in [0.717, 1.165) is 48.8 Å². The summed E-state index contributed by atoms with van der Waals surface area (Å²) in [6.07, 6.45) is 4.48. The molecule has 1 saturated heterocycles. The number of halogens is 1. The topological polar surface area (TPSA) is 65.5 Å². The van der Waals surface area contributed by atoms with Crippen LogP contribution >= 0.6 is 0 Å². The van der Waals surface area contributed by atoms with Gasteiger partial charge in [-0.2, -0.15) is 0 Å². The minimum absolute atomic E-state index is 0.0355. The number of rotatable bonds is 6. The number of nitrogens with one attached hydrogen (secondary N) is 1. The highest BCUT2D eigenvalue weighted by molar-refractivity contribution is 5.94. The molecule has 4 rings (SSSR count). The van der Waals surface area contributed by atoms with Gasteiger partial charge in [-0.1, -0.05) is 24.3 Å². The van der Waals surface area contributed by atoms with E-state index in [1.807, 2.05) is 30.3 Å². The summed E-state index contributed by atoms with van der Waals surface area (Å²) in [6, 6.07) is 14.4. The Morgan fingerprint density at radius 3 is 2.73 bits per heavy atom. The van der Waals surface area contributed by atoms with Crippen molar-refractivity contribution in [2.75, 3.05) is 25.0 Å². The van der Waals surface area contributed by atoms with Crippen LogP contribution in [0.3, 0.4) is 0 Å². The molecule has 1 aliphatic heterocycles. The van der Waals surface area contributed by atoms with Gasteiger partial charge in [-0.15, -0.1) is 0 Å². The molecule has 0 unspecified atom stereocenters. The number of anilines is 1. The molecule has 5 nitrogen and oxygen atoms in total. The molecule has 1 fully saturated rings. The first kappa shape index (κ1) is 20.4. The number of amides is 1. The van der Waals surface area contributed by atoms with Crippen LogP contribution in [0.2, 0.25) is 0 Å². The van der Waals surface area contributed by atoms with E-state index in [9.17, 15) is 14.3 Å². The molecule has 1 aliphatic rings. The molecule has 0 radical (unpaired) electrons. The van der Waals surface area contributed by atoms with Crippen molar-refractivity contribution in [2.24, 2.45) is 5.92 Å². The molecule has 6 heteroatoms. The fourth-order valence-electron chi connectivity index (χ4n) is 4.14. The standard InChI is InChI=1S/C24H26FN3O2/c25-21-6-5-18(20(12-21)16-29)11-17-7-9-28(10-8-17)15-24(30)27-22-13-19-3-1-2-4-23(19)26-14-22/h1-6,12-14,17,29H,7-11,15-16H2,(H,27,30). The Hall–Kier alpha value is -2.83. The highest BCUT2D eigenvalue weighted by Crippen LogP contribution is 2.24. The van der Waals surface area contributed by atoms with E-state index in [2.05, 4.69) is 15.2 Å². The minimum Gasteiger partial charge on any atom is -0.392 e. The number of likely N-dealkylation sites (tertiary alicyclic amines) is 1. The molecule has 2 N–H and O–H groups in total. The molecule has 1 aromatic heterocycles. The SMILES string of the molecule is O=C(CN1CCC(Cc2ccc(F)cc2CO)CC1)Nc1cnc2ccccc2c1. The lowest BCUT2D eigenvalue weighted by molar-refractivity contribution is -0.117. The summed E-state index contributed by atoms with van der Waals surface area (Å²) in [5.41, 5.74) is 3.30. The van der Waals surface area contributed by atoms with Gasteiger partial charge in [0.15, 0.2) is 0 Å². The summed E-state index contributed by atoms with van der Waals surface area (Å²) < 4.78 is 13.4. The van der Waals surface area contributed by atoms with E-state index in [0.29, 0.717) is 23.7 Å². The van der Waals surface area contributed by atoms with Crippen LogP contribution in [0.15, 0.2) is 54.7 Å². The lowest BCUT2D eigenvalue weighted by Crippen LogP contribution is -2.39. The molecule has 30 heavy (non-hydrogen) atoms. The number of benzene rings is 2. The predicted molar refractivity (Wildman–Crippen MR) is 116 cm³/mol. The van der Waals surface area contributed by atoms with Crippen LogP contribution in [0.4, 0.5) is 10.1 Å². The number of aliphatic hydroxyl groups excluding tert-OH is 1. The van der Waals surface area contributed by atoms with Crippen LogP contribution in [0, 0.1) is 11.7 Å². The number of carbonyl (C=O) groups is 1. The lowest BCUT2D eigenvalue weighted by Gasteiger charge is -2.31.